The average molecular weight is 295 g/mol. The van der Waals surface area contributed by atoms with Crippen molar-refractivity contribution in [3.63, 3.8) is 0 Å². The molecule has 3 heteroatoms. The molecule has 20 heavy (non-hydrogen) atoms. The zero-order valence-electron chi connectivity index (χ0n) is 12.9. The van der Waals surface area contributed by atoms with E-state index < -0.39 is 0 Å². The fourth-order valence-electron chi connectivity index (χ4n) is 3.14. The van der Waals surface area contributed by atoms with Gasteiger partial charge >= 0.3 is 0 Å². The highest BCUT2D eigenvalue weighted by molar-refractivity contribution is 6.30. The number of nitrogens with one attached hydrogen (secondary N) is 1. The minimum Gasteiger partial charge on any atom is -0.309 e. The van der Waals surface area contributed by atoms with Gasteiger partial charge in [0.1, 0.15) is 0 Å². The second-order valence-corrected chi connectivity index (χ2v) is 6.89. The lowest BCUT2D eigenvalue weighted by molar-refractivity contribution is 0.199. The lowest BCUT2D eigenvalue weighted by atomic mass is 9.93. The van der Waals surface area contributed by atoms with Gasteiger partial charge in [0.25, 0.3) is 0 Å². The van der Waals surface area contributed by atoms with Gasteiger partial charge in [0.2, 0.25) is 0 Å². The number of nitrogens with zero attached hydrogens (tertiary/aromatic N) is 1. The van der Waals surface area contributed by atoms with Crippen molar-refractivity contribution in [2.24, 2.45) is 11.8 Å². The van der Waals surface area contributed by atoms with E-state index >= 15 is 0 Å². The Morgan fingerprint density at radius 2 is 2.00 bits per heavy atom. The standard InChI is InChI=1S/C17H27ClN2/c1-13(2)17(15-6-8-16(18)9-7-15)19-11-14-5-4-10-20(3)12-14/h6-9,13-14,17,19H,4-5,10-12H2,1-3H3. The number of halogens is 1. The summed E-state index contributed by atoms with van der Waals surface area (Å²) in [7, 11) is 2.23. The Morgan fingerprint density at radius 3 is 2.60 bits per heavy atom. The van der Waals surface area contributed by atoms with Crippen LogP contribution in [0.25, 0.3) is 0 Å². The van der Waals surface area contributed by atoms with Gasteiger partial charge < -0.3 is 10.2 Å². The van der Waals surface area contributed by atoms with Crippen molar-refractivity contribution in [2.75, 3.05) is 26.7 Å². The first-order chi connectivity index (χ1) is 9.56. The van der Waals surface area contributed by atoms with E-state index in [0.717, 1.165) is 17.5 Å². The molecule has 2 nitrogen and oxygen atoms in total. The first kappa shape index (κ1) is 15.8. The Labute approximate surface area is 128 Å². The van der Waals surface area contributed by atoms with Gasteiger partial charge in [-0.05, 0) is 62.5 Å². The highest BCUT2D eigenvalue weighted by Crippen LogP contribution is 2.24. The molecule has 1 fully saturated rings. The first-order valence-electron chi connectivity index (χ1n) is 7.73. The molecule has 1 heterocycles. The Hall–Kier alpha value is -0.570. The number of likely N-dealkylation sites (tertiary alicyclic amines) is 1. The summed E-state index contributed by atoms with van der Waals surface area (Å²) in [5, 5.41) is 4.59. The number of piperidine rings is 1. The Morgan fingerprint density at radius 1 is 1.30 bits per heavy atom. The summed E-state index contributed by atoms with van der Waals surface area (Å²) < 4.78 is 0. The molecular weight excluding hydrogens is 268 g/mol. The monoisotopic (exact) mass is 294 g/mol. The van der Waals surface area contributed by atoms with E-state index in [4.69, 9.17) is 11.6 Å². The smallest absolute Gasteiger partial charge is 0.0406 e. The molecule has 1 aromatic carbocycles. The van der Waals surface area contributed by atoms with Crippen LogP contribution in [0.1, 0.15) is 38.3 Å². The summed E-state index contributed by atoms with van der Waals surface area (Å²) in [6.45, 7) is 8.13. The summed E-state index contributed by atoms with van der Waals surface area (Å²) in [6.07, 6.45) is 2.68. The van der Waals surface area contributed by atoms with Gasteiger partial charge in [0.05, 0.1) is 0 Å². The van der Waals surface area contributed by atoms with E-state index in [9.17, 15) is 0 Å². The quantitative estimate of drug-likeness (QED) is 0.884. The zero-order valence-corrected chi connectivity index (χ0v) is 13.7. The van der Waals surface area contributed by atoms with Crippen LogP contribution < -0.4 is 5.32 Å². The lowest BCUT2D eigenvalue weighted by Gasteiger charge is -2.32. The van der Waals surface area contributed by atoms with Crippen molar-refractivity contribution in [3.05, 3.63) is 34.9 Å². The molecule has 0 spiro atoms. The third-order valence-electron chi connectivity index (χ3n) is 4.24. The predicted molar refractivity (Wildman–Crippen MR) is 87.3 cm³/mol. The van der Waals surface area contributed by atoms with Crippen LogP contribution in [0.4, 0.5) is 0 Å². The molecule has 2 rings (SSSR count). The zero-order chi connectivity index (χ0) is 14.5. The van der Waals surface area contributed by atoms with E-state index in [1.807, 2.05) is 12.1 Å². The fourth-order valence-corrected chi connectivity index (χ4v) is 3.27. The van der Waals surface area contributed by atoms with Gasteiger partial charge in [-0.15, -0.1) is 0 Å². The van der Waals surface area contributed by atoms with Gasteiger partial charge in [-0.1, -0.05) is 37.6 Å². The van der Waals surface area contributed by atoms with Crippen molar-refractivity contribution >= 4 is 11.6 Å². The molecule has 1 aromatic rings. The maximum Gasteiger partial charge on any atom is 0.0406 e. The lowest BCUT2D eigenvalue weighted by Crippen LogP contribution is -2.39. The van der Waals surface area contributed by atoms with E-state index in [0.29, 0.717) is 12.0 Å². The molecule has 1 saturated heterocycles. The van der Waals surface area contributed by atoms with E-state index in [1.165, 1.54) is 31.5 Å². The van der Waals surface area contributed by atoms with Crippen LogP contribution in [0.5, 0.6) is 0 Å². The van der Waals surface area contributed by atoms with Crippen molar-refractivity contribution in [3.8, 4) is 0 Å². The molecule has 1 aliphatic heterocycles. The summed E-state index contributed by atoms with van der Waals surface area (Å²) in [6, 6.07) is 8.68. The highest BCUT2D eigenvalue weighted by atomic mass is 35.5. The van der Waals surface area contributed by atoms with Crippen LogP contribution in [0.15, 0.2) is 24.3 Å². The molecule has 112 valence electrons. The minimum absolute atomic E-state index is 0.416. The second-order valence-electron chi connectivity index (χ2n) is 6.45. The molecule has 0 radical (unpaired) electrons. The van der Waals surface area contributed by atoms with Crippen LogP contribution in [0, 0.1) is 11.8 Å². The molecule has 0 amide bonds. The highest BCUT2D eigenvalue weighted by Gasteiger charge is 2.20. The van der Waals surface area contributed by atoms with Gasteiger partial charge in [-0.2, -0.15) is 0 Å². The largest absolute Gasteiger partial charge is 0.309 e. The average Bonchev–Trinajstić information content (AvgIpc) is 2.41. The SMILES string of the molecule is CC(C)C(NCC1CCCN(C)C1)c1ccc(Cl)cc1. The summed E-state index contributed by atoms with van der Waals surface area (Å²) >= 11 is 5.98. The van der Waals surface area contributed by atoms with Crippen molar-refractivity contribution in [1.29, 1.82) is 0 Å². The molecular formula is C17H27ClN2. The Kier molecular flexibility index (Phi) is 5.88. The van der Waals surface area contributed by atoms with Gasteiger partial charge in [0.15, 0.2) is 0 Å². The maximum absolute atomic E-state index is 5.98. The normalized spacial score (nSPS) is 22.1. The van der Waals surface area contributed by atoms with Gasteiger partial charge in [0, 0.05) is 17.6 Å². The fraction of sp³-hybridized carbons (Fsp3) is 0.647. The molecule has 2 unspecified atom stereocenters. The van der Waals surface area contributed by atoms with Gasteiger partial charge in [-0.25, -0.2) is 0 Å². The number of hydrogen-bond donors (Lipinski definition) is 1. The van der Waals surface area contributed by atoms with Crippen LogP contribution in [-0.4, -0.2) is 31.6 Å². The third kappa shape index (κ3) is 4.47. The summed E-state index contributed by atoms with van der Waals surface area (Å²) in [5.74, 6) is 1.36. The van der Waals surface area contributed by atoms with Crippen molar-refractivity contribution in [1.82, 2.24) is 10.2 Å². The maximum atomic E-state index is 5.98. The number of benzene rings is 1. The van der Waals surface area contributed by atoms with Crippen molar-refractivity contribution < 1.29 is 0 Å². The molecule has 0 aliphatic carbocycles. The third-order valence-corrected chi connectivity index (χ3v) is 4.50. The molecule has 0 bridgehead atoms. The van der Waals surface area contributed by atoms with Crippen LogP contribution in [-0.2, 0) is 0 Å². The second kappa shape index (κ2) is 7.44. The molecule has 0 saturated carbocycles. The summed E-state index contributed by atoms with van der Waals surface area (Å²) in [4.78, 5) is 2.45. The van der Waals surface area contributed by atoms with Crippen LogP contribution in [0.2, 0.25) is 5.02 Å². The van der Waals surface area contributed by atoms with E-state index in [1.54, 1.807) is 0 Å². The molecule has 1 aliphatic rings. The molecule has 2 atom stereocenters. The van der Waals surface area contributed by atoms with Crippen LogP contribution >= 0.6 is 11.6 Å². The van der Waals surface area contributed by atoms with Crippen molar-refractivity contribution in [2.45, 2.75) is 32.7 Å². The van der Waals surface area contributed by atoms with E-state index in [-0.39, 0.29) is 0 Å². The minimum atomic E-state index is 0.416. The first-order valence-corrected chi connectivity index (χ1v) is 8.11. The predicted octanol–water partition coefficient (Wildman–Crippen LogP) is 3.97. The number of hydrogen-bond acceptors (Lipinski definition) is 2. The number of rotatable bonds is 5. The Bertz CT molecular complexity index is 402. The molecule has 1 N–H and O–H groups in total. The Balaban J connectivity index is 1.94. The summed E-state index contributed by atoms with van der Waals surface area (Å²) in [5.41, 5.74) is 1.34. The molecule has 0 aromatic heterocycles. The van der Waals surface area contributed by atoms with E-state index in [2.05, 4.69) is 43.2 Å². The van der Waals surface area contributed by atoms with Gasteiger partial charge in [-0.3, -0.25) is 0 Å². The topological polar surface area (TPSA) is 15.3 Å². The van der Waals surface area contributed by atoms with Crippen LogP contribution in [0.3, 0.4) is 0 Å².